The summed E-state index contributed by atoms with van der Waals surface area (Å²) in [7, 11) is 0. The van der Waals surface area contributed by atoms with Crippen LogP contribution in [0, 0.1) is 5.92 Å². The third-order valence-corrected chi connectivity index (χ3v) is 1.04. The lowest BCUT2D eigenvalue weighted by Gasteiger charge is -1.99. The monoisotopic (exact) mass is 157 g/mol. The van der Waals surface area contributed by atoms with E-state index in [9.17, 15) is 0 Å². The summed E-state index contributed by atoms with van der Waals surface area (Å²) in [6.07, 6.45) is 3.65. The Hall–Kier alpha value is -0.790. The molecule has 0 amide bonds. The van der Waals surface area contributed by atoms with Gasteiger partial charge in [-0.15, -0.1) is 0 Å². The van der Waals surface area contributed by atoms with E-state index in [4.69, 9.17) is 5.21 Å². The molecule has 2 nitrogen and oxygen atoms in total. The first-order valence-electron chi connectivity index (χ1n) is 4.07. The van der Waals surface area contributed by atoms with Gasteiger partial charge in [0.1, 0.15) is 0 Å². The molecule has 0 atom stereocenters. The molecule has 0 aliphatic carbocycles. The lowest BCUT2D eigenvalue weighted by Crippen LogP contribution is -2.02. The predicted octanol–water partition coefficient (Wildman–Crippen LogP) is 3.07. The number of oxime groups is 1. The first-order valence-corrected chi connectivity index (χ1v) is 4.07. The molecular formula is C9H19NO. The van der Waals surface area contributed by atoms with Crippen molar-refractivity contribution < 1.29 is 5.21 Å². The van der Waals surface area contributed by atoms with E-state index in [1.807, 2.05) is 40.7 Å². The Morgan fingerprint density at radius 1 is 1.36 bits per heavy atom. The highest BCUT2D eigenvalue weighted by Crippen LogP contribution is 1.97. The number of allylic oxidation sites excluding steroid dienone is 2. The Kier molecular flexibility index (Phi) is 10.8. The van der Waals surface area contributed by atoms with Crippen LogP contribution in [-0.4, -0.2) is 10.9 Å². The van der Waals surface area contributed by atoms with E-state index in [0.29, 0.717) is 5.92 Å². The van der Waals surface area contributed by atoms with Crippen LogP contribution in [0.25, 0.3) is 0 Å². The van der Waals surface area contributed by atoms with E-state index in [-0.39, 0.29) is 0 Å². The molecule has 0 radical (unpaired) electrons. The summed E-state index contributed by atoms with van der Waals surface area (Å²) in [6.45, 7) is 9.86. The first kappa shape index (κ1) is 12.8. The zero-order chi connectivity index (χ0) is 9.28. The van der Waals surface area contributed by atoms with Crippen molar-refractivity contribution in [3.05, 3.63) is 12.2 Å². The molecule has 66 valence electrons. The van der Waals surface area contributed by atoms with Gasteiger partial charge in [0, 0.05) is 0 Å². The van der Waals surface area contributed by atoms with Crippen LogP contribution in [0.15, 0.2) is 17.3 Å². The molecule has 11 heavy (non-hydrogen) atoms. The van der Waals surface area contributed by atoms with Crippen molar-refractivity contribution >= 4 is 5.71 Å². The van der Waals surface area contributed by atoms with Gasteiger partial charge in [-0.05, 0) is 18.9 Å². The molecule has 0 spiro atoms. The van der Waals surface area contributed by atoms with Crippen LogP contribution in [0.5, 0.6) is 0 Å². The van der Waals surface area contributed by atoms with E-state index in [0.717, 1.165) is 5.71 Å². The van der Waals surface area contributed by atoms with Crippen LogP contribution >= 0.6 is 0 Å². The van der Waals surface area contributed by atoms with Crippen molar-refractivity contribution in [3.8, 4) is 0 Å². The molecule has 0 saturated carbocycles. The van der Waals surface area contributed by atoms with Gasteiger partial charge in [0.2, 0.25) is 0 Å². The maximum atomic E-state index is 8.36. The van der Waals surface area contributed by atoms with E-state index in [1.165, 1.54) is 0 Å². The summed E-state index contributed by atoms with van der Waals surface area (Å²) < 4.78 is 0. The lowest BCUT2D eigenvalue weighted by molar-refractivity contribution is 0.316. The van der Waals surface area contributed by atoms with Crippen molar-refractivity contribution in [2.45, 2.75) is 34.6 Å². The summed E-state index contributed by atoms with van der Waals surface area (Å²) in [6, 6.07) is 0. The van der Waals surface area contributed by atoms with E-state index >= 15 is 0 Å². The highest BCUT2D eigenvalue weighted by atomic mass is 16.4. The second-order valence-electron chi connectivity index (χ2n) is 2.18. The molecule has 0 aliphatic rings. The Bertz CT molecular complexity index is 126. The number of rotatable bonds is 2. The topological polar surface area (TPSA) is 32.6 Å². The van der Waals surface area contributed by atoms with Gasteiger partial charge < -0.3 is 5.21 Å². The number of nitrogens with zero attached hydrogens (tertiary/aromatic N) is 1. The molecule has 0 saturated heterocycles. The van der Waals surface area contributed by atoms with Gasteiger partial charge in [-0.2, -0.15) is 0 Å². The maximum Gasteiger partial charge on any atom is 0.0817 e. The highest BCUT2D eigenvalue weighted by molar-refractivity contribution is 5.95. The molecule has 0 aromatic carbocycles. The molecule has 0 aromatic heterocycles. The van der Waals surface area contributed by atoms with Gasteiger partial charge in [0.25, 0.3) is 0 Å². The second kappa shape index (κ2) is 9.21. The number of hydrogen-bond donors (Lipinski definition) is 1. The van der Waals surface area contributed by atoms with Crippen molar-refractivity contribution in [3.63, 3.8) is 0 Å². The van der Waals surface area contributed by atoms with E-state index < -0.39 is 0 Å². The summed E-state index contributed by atoms with van der Waals surface area (Å²) in [4.78, 5) is 0. The molecule has 0 heterocycles. The highest BCUT2D eigenvalue weighted by Gasteiger charge is 1.98. The zero-order valence-electron chi connectivity index (χ0n) is 8.13. The average molecular weight is 157 g/mol. The SMILES string of the molecule is C/C=C\C(=N/O)C(C)C.CC. The van der Waals surface area contributed by atoms with Crippen LogP contribution in [0.3, 0.4) is 0 Å². The number of hydrogen-bond acceptors (Lipinski definition) is 2. The summed E-state index contributed by atoms with van der Waals surface area (Å²) in [5.41, 5.74) is 0.720. The Morgan fingerprint density at radius 2 is 1.82 bits per heavy atom. The second-order valence-corrected chi connectivity index (χ2v) is 2.18. The van der Waals surface area contributed by atoms with Crippen LogP contribution in [0.1, 0.15) is 34.6 Å². The predicted molar refractivity (Wildman–Crippen MR) is 50.2 cm³/mol. The largest absolute Gasteiger partial charge is 0.411 e. The first-order chi connectivity index (χ1) is 5.22. The van der Waals surface area contributed by atoms with Gasteiger partial charge in [-0.3, -0.25) is 0 Å². The maximum absolute atomic E-state index is 8.36. The molecule has 0 unspecified atom stereocenters. The van der Waals surface area contributed by atoms with Crippen molar-refractivity contribution in [1.82, 2.24) is 0 Å². The molecule has 0 rings (SSSR count). The van der Waals surface area contributed by atoms with Crippen LogP contribution < -0.4 is 0 Å². The molecule has 0 aliphatic heterocycles. The van der Waals surface area contributed by atoms with Crippen LogP contribution in [-0.2, 0) is 0 Å². The zero-order valence-corrected chi connectivity index (χ0v) is 8.13. The minimum atomic E-state index is 0.297. The molecule has 1 N–H and O–H groups in total. The Labute approximate surface area is 69.6 Å². The summed E-state index contributed by atoms with van der Waals surface area (Å²) >= 11 is 0. The quantitative estimate of drug-likeness (QED) is 0.373. The summed E-state index contributed by atoms with van der Waals surface area (Å²) in [5, 5.41) is 11.5. The fourth-order valence-corrected chi connectivity index (χ4v) is 0.512. The molecule has 0 fully saturated rings. The van der Waals surface area contributed by atoms with Gasteiger partial charge >= 0.3 is 0 Å². The van der Waals surface area contributed by atoms with Crippen molar-refractivity contribution in [1.29, 1.82) is 0 Å². The lowest BCUT2D eigenvalue weighted by atomic mass is 10.1. The standard InChI is InChI=1S/C7H13NO.C2H6/c1-4-5-7(8-9)6(2)3;1-2/h4-6,9H,1-3H3;1-2H3/b5-4-,8-7+;. The van der Waals surface area contributed by atoms with Gasteiger partial charge in [-0.25, -0.2) is 0 Å². The third-order valence-electron chi connectivity index (χ3n) is 1.04. The third kappa shape index (κ3) is 7.10. The average Bonchev–Trinajstić information content (AvgIpc) is 2.03. The fraction of sp³-hybridized carbons (Fsp3) is 0.667. The normalized spacial score (nSPS) is 11.6. The van der Waals surface area contributed by atoms with Gasteiger partial charge in [0.05, 0.1) is 5.71 Å². The minimum absolute atomic E-state index is 0.297. The van der Waals surface area contributed by atoms with Gasteiger partial charge in [-0.1, -0.05) is 38.9 Å². The van der Waals surface area contributed by atoms with Crippen molar-refractivity contribution in [2.75, 3.05) is 0 Å². The molecule has 0 bridgehead atoms. The Balaban J connectivity index is 0. The van der Waals surface area contributed by atoms with Crippen LogP contribution in [0.4, 0.5) is 0 Å². The minimum Gasteiger partial charge on any atom is -0.411 e. The molecule has 2 heteroatoms. The van der Waals surface area contributed by atoms with E-state index in [1.54, 1.807) is 6.08 Å². The molecule has 0 aromatic rings. The fourth-order valence-electron chi connectivity index (χ4n) is 0.512. The van der Waals surface area contributed by atoms with E-state index in [2.05, 4.69) is 5.16 Å². The Morgan fingerprint density at radius 3 is 1.91 bits per heavy atom. The van der Waals surface area contributed by atoms with Gasteiger partial charge in [0.15, 0.2) is 0 Å². The summed E-state index contributed by atoms with van der Waals surface area (Å²) in [5.74, 6) is 0.297. The molecular weight excluding hydrogens is 138 g/mol. The smallest absolute Gasteiger partial charge is 0.0817 e. The van der Waals surface area contributed by atoms with Crippen molar-refractivity contribution in [2.24, 2.45) is 11.1 Å². The van der Waals surface area contributed by atoms with Crippen LogP contribution in [0.2, 0.25) is 0 Å².